The van der Waals surface area contributed by atoms with Gasteiger partial charge in [-0.2, -0.15) is 12.7 Å². The van der Waals surface area contributed by atoms with Crippen LogP contribution in [0.3, 0.4) is 0 Å². The minimum absolute atomic E-state index is 0.0148. The van der Waals surface area contributed by atoms with E-state index in [1.807, 2.05) is 13.8 Å². The van der Waals surface area contributed by atoms with Crippen molar-refractivity contribution in [2.24, 2.45) is 0 Å². The summed E-state index contributed by atoms with van der Waals surface area (Å²) >= 11 is 0. The zero-order valence-corrected chi connectivity index (χ0v) is 10.5. The first kappa shape index (κ1) is 12.9. The molecule has 1 heterocycles. The molecule has 1 saturated heterocycles. The highest BCUT2D eigenvalue weighted by molar-refractivity contribution is 7.87. The summed E-state index contributed by atoms with van der Waals surface area (Å²) in [5, 5.41) is 3.25. The van der Waals surface area contributed by atoms with Gasteiger partial charge in [-0.05, 0) is 33.2 Å². The molecule has 0 aliphatic carbocycles. The van der Waals surface area contributed by atoms with E-state index in [-0.39, 0.29) is 6.04 Å². The molecule has 2 N–H and O–H groups in total. The number of nitrogens with one attached hydrogen (secondary N) is 2. The average Bonchev–Trinajstić information content (AvgIpc) is 2.66. The molecule has 0 amide bonds. The van der Waals surface area contributed by atoms with Crippen LogP contribution in [0.4, 0.5) is 0 Å². The lowest BCUT2D eigenvalue weighted by Gasteiger charge is -2.22. The monoisotopic (exact) mass is 235 g/mol. The van der Waals surface area contributed by atoms with Crippen LogP contribution in [0.25, 0.3) is 0 Å². The van der Waals surface area contributed by atoms with E-state index in [0.29, 0.717) is 12.6 Å². The highest BCUT2D eigenvalue weighted by Crippen LogP contribution is 2.05. The molecule has 0 aromatic carbocycles. The molecule has 1 fully saturated rings. The van der Waals surface area contributed by atoms with Gasteiger partial charge in [-0.3, -0.25) is 0 Å². The van der Waals surface area contributed by atoms with Crippen molar-refractivity contribution in [3.8, 4) is 0 Å². The minimum Gasteiger partial charge on any atom is -0.313 e. The first-order valence-electron chi connectivity index (χ1n) is 5.39. The molecular formula is C9H21N3O2S. The summed E-state index contributed by atoms with van der Waals surface area (Å²) in [4.78, 5) is 0. The molecule has 0 spiro atoms. The van der Waals surface area contributed by atoms with Crippen LogP contribution in [0.15, 0.2) is 0 Å². The summed E-state index contributed by atoms with van der Waals surface area (Å²) in [6.45, 7) is 5.19. The van der Waals surface area contributed by atoms with Gasteiger partial charge in [0.05, 0.1) is 0 Å². The number of hydrogen-bond acceptors (Lipinski definition) is 3. The van der Waals surface area contributed by atoms with Crippen molar-refractivity contribution in [3.63, 3.8) is 0 Å². The minimum atomic E-state index is -3.30. The third kappa shape index (κ3) is 3.71. The number of hydrogen-bond donors (Lipinski definition) is 2. The van der Waals surface area contributed by atoms with Crippen LogP contribution in [-0.2, 0) is 10.2 Å². The average molecular weight is 235 g/mol. The molecule has 0 bridgehead atoms. The van der Waals surface area contributed by atoms with Crippen LogP contribution in [0, 0.1) is 0 Å². The topological polar surface area (TPSA) is 61.4 Å². The molecule has 90 valence electrons. The third-order valence-corrected chi connectivity index (χ3v) is 4.49. The van der Waals surface area contributed by atoms with Crippen LogP contribution < -0.4 is 10.0 Å². The standard InChI is InChI=1S/C9H21N3O2S/c1-8(2)12(3)15(13,14)11-7-9-5-4-6-10-9/h8-11H,4-7H2,1-3H3. The van der Waals surface area contributed by atoms with Gasteiger partial charge in [0, 0.05) is 25.7 Å². The van der Waals surface area contributed by atoms with Crippen molar-refractivity contribution in [2.45, 2.75) is 38.8 Å². The van der Waals surface area contributed by atoms with Gasteiger partial charge in [0.2, 0.25) is 0 Å². The molecule has 1 aliphatic heterocycles. The molecule has 0 aromatic rings. The largest absolute Gasteiger partial charge is 0.313 e. The van der Waals surface area contributed by atoms with E-state index in [1.165, 1.54) is 4.31 Å². The SMILES string of the molecule is CC(C)N(C)S(=O)(=O)NCC1CCCN1. The van der Waals surface area contributed by atoms with E-state index in [4.69, 9.17) is 0 Å². The summed E-state index contributed by atoms with van der Waals surface area (Å²) in [6, 6.07) is 0.277. The van der Waals surface area contributed by atoms with E-state index in [2.05, 4.69) is 10.0 Å². The quantitative estimate of drug-likeness (QED) is 0.700. The fraction of sp³-hybridized carbons (Fsp3) is 1.00. The summed E-state index contributed by atoms with van der Waals surface area (Å²) in [6.07, 6.45) is 2.18. The normalized spacial score (nSPS) is 22.9. The molecule has 0 aromatic heterocycles. The van der Waals surface area contributed by atoms with Gasteiger partial charge in [0.25, 0.3) is 10.2 Å². The smallest absolute Gasteiger partial charge is 0.279 e. The predicted molar refractivity (Wildman–Crippen MR) is 60.8 cm³/mol. The molecule has 1 atom stereocenters. The van der Waals surface area contributed by atoms with E-state index < -0.39 is 10.2 Å². The van der Waals surface area contributed by atoms with Crippen molar-refractivity contribution >= 4 is 10.2 Å². The van der Waals surface area contributed by atoms with E-state index >= 15 is 0 Å². The van der Waals surface area contributed by atoms with E-state index in [0.717, 1.165) is 19.4 Å². The highest BCUT2D eigenvalue weighted by atomic mass is 32.2. The maximum absolute atomic E-state index is 11.7. The molecule has 0 saturated carbocycles. The van der Waals surface area contributed by atoms with Crippen LogP contribution in [-0.4, -0.2) is 44.9 Å². The maximum atomic E-state index is 11.7. The Kier molecular flexibility index (Phi) is 4.51. The van der Waals surface area contributed by atoms with Gasteiger partial charge in [-0.1, -0.05) is 0 Å². The predicted octanol–water partition coefficient (Wildman–Crippen LogP) is -0.0870. The second kappa shape index (κ2) is 5.25. The van der Waals surface area contributed by atoms with E-state index in [1.54, 1.807) is 7.05 Å². The fourth-order valence-electron chi connectivity index (χ4n) is 1.52. The number of rotatable bonds is 5. The maximum Gasteiger partial charge on any atom is 0.279 e. The van der Waals surface area contributed by atoms with Crippen LogP contribution in [0.1, 0.15) is 26.7 Å². The summed E-state index contributed by atoms with van der Waals surface area (Å²) in [7, 11) is -1.71. The Morgan fingerprint density at radius 1 is 1.53 bits per heavy atom. The van der Waals surface area contributed by atoms with Gasteiger partial charge in [-0.15, -0.1) is 0 Å². The summed E-state index contributed by atoms with van der Waals surface area (Å²) < 4.78 is 27.4. The van der Waals surface area contributed by atoms with Crippen molar-refractivity contribution in [1.82, 2.24) is 14.3 Å². The Morgan fingerprint density at radius 2 is 2.20 bits per heavy atom. The Hall–Kier alpha value is -0.170. The summed E-state index contributed by atoms with van der Waals surface area (Å²) in [5.41, 5.74) is 0. The van der Waals surface area contributed by atoms with Crippen molar-refractivity contribution < 1.29 is 8.42 Å². The molecule has 1 rings (SSSR count). The lowest BCUT2D eigenvalue weighted by molar-refractivity contribution is 0.399. The first-order valence-corrected chi connectivity index (χ1v) is 6.83. The summed E-state index contributed by atoms with van der Waals surface area (Å²) in [5.74, 6) is 0. The lowest BCUT2D eigenvalue weighted by Crippen LogP contribution is -2.45. The molecule has 0 radical (unpaired) electrons. The first-order chi connectivity index (χ1) is 6.93. The Morgan fingerprint density at radius 3 is 2.67 bits per heavy atom. The molecule has 6 heteroatoms. The van der Waals surface area contributed by atoms with Gasteiger partial charge in [-0.25, -0.2) is 4.72 Å². The van der Waals surface area contributed by atoms with Crippen molar-refractivity contribution in [2.75, 3.05) is 20.1 Å². The zero-order chi connectivity index (χ0) is 11.5. The molecule has 5 nitrogen and oxygen atoms in total. The fourth-order valence-corrected chi connectivity index (χ4v) is 2.69. The van der Waals surface area contributed by atoms with Crippen LogP contribution >= 0.6 is 0 Å². The highest BCUT2D eigenvalue weighted by Gasteiger charge is 2.22. The van der Waals surface area contributed by atoms with Crippen LogP contribution in [0.5, 0.6) is 0 Å². The zero-order valence-electron chi connectivity index (χ0n) is 9.66. The Balaban J connectivity index is 2.42. The Bertz CT molecular complexity index is 284. The van der Waals surface area contributed by atoms with Gasteiger partial charge < -0.3 is 5.32 Å². The van der Waals surface area contributed by atoms with Gasteiger partial charge >= 0.3 is 0 Å². The molecule has 1 aliphatic rings. The third-order valence-electron chi connectivity index (χ3n) is 2.78. The van der Waals surface area contributed by atoms with Gasteiger partial charge in [0.1, 0.15) is 0 Å². The Labute approximate surface area is 92.4 Å². The molecule has 15 heavy (non-hydrogen) atoms. The second-order valence-corrected chi connectivity index (χ2v) is 6.07. The van der Waals surface area contributed by atoms with Crippen LogP contribution in [0.2, 0.25) is 0 Å². The molecule has 1 unspecified atom stereocenters. The molecular weight excluding hydrogens is 214 g/mol. The lowest BCUT2D eigenvalue weighted by atomic mass is 10.2. The second-order valence-electron chi connectivity index (χ2n) is 4.26. The van der Waals surface area contributed by atoms with Crippen molar-refractivity contribution in [1.29, 1.82) is 0 Å². The van der Waals surface area contributed by atoms with Crippen molar-refractivity contribution in [3.05, 3.63) is 0 Å². The van der Waals surface area contributed by atoms with E-state index in [9.17, 15) is 8.42 Å². The van der Waals surface area contributed by atoms with Gasteiger partial charge in [0.15, 0.2) is 0 Å². The number of nitrogens with zero attached hydrogens (tertiary/aromatic N) is 1.